The first kappa shape index (κ1) is 17.2. The van der Waals surface area contributed by atoms with Gasteiger partial charge in [-0.2, -0.15) is 0 Å². The van der Waals surface area contributed by atoms with Crippen LogP contribution in [0.1, 0.15) is 11.1 Å². The first-order chi connectivity index (χ1) is 11.5. The summed E-state index contributed by atoms with van der Waals surface area (Å²) in [4.78, 5) is 10.4. The van der Waals surface area contributed by atoms with Crippen molar-refractivity contribution >= 4 is 23.8 Å². The van der Waals surface area contributed by atoms with E-state index in [1.54, 1.807) is 17.1 Å². The Morgan fingerprint density at radius 1 is 1.04 bits per heavy atom. The lowest BCUT2D eigenvalue weighted by molar-refractivity contribution is -0.139. The Balaban J connectivity index is 1.96. The predicted octanol–water partition coefficient (Wildman–Crippen LogP) is 3.88. The summed E-state index contributed by atoms with van der Waals surface area (Å²) >= 11 is 0. The van der Waals surface area contributed by atoms with Gasteiger partial charge in [-0.25, -0.2) is 4.79 Å². The van der Waals surface area contributed by atoms with Gasteiger partial charge >= 0.3 is 5.97 Å². The Morgan fingerprint density at radius 2 is 1.58 bits per heavy atom. The SMILES string of the molecule is CN(C)/N=N/c1ccc(/C=C/c2ccc(OCC(=O)O)cc2)cc1. The first-order valence-electron chi connectivity index (χ1n) is 7.35. The standard InChI is InChI=1S/C18H19N3O3/c1-21(2)20-19-16-9-5-14(6-10-16)3-4-15-7-11-17(12-8-15)24-13-18(22)23/h3-12H,13H2,1-2H3,(H,22,23)/b4-3+,20-19+. The van der Waals surface area contributed by atoms with Gasteiger partial charge in [0.05, 0.1) is 5.69 Å². The van der Waals surface area contributed by atoms with E-state index in [9.17, 15) is 4.79 Å². The molecule has 124 valence electrons. The molecular weight excluding hydrogens is 306 g/mol. The molecule has 6 nitrogen and oxygen atoms in total. The van der Waals surface area contributed by atoms with E-state index < -0.39 is 5.97 Å². The highest BCUT2D eigenvalue weighted by Crippen LogP contribution is 2.17. The molecule has 6 heteroatoms. The van der Waals surface area contributed by atoms with E-state index in [1.807, 2.05) is 62.6 Å². The molecule has 0 heterocycles. The third-order valence-corrected chi connectivity index (χ3v) is 2.94. The van der Waals surface area contributed by atoms with Crippen molar-refractivity contribution in [3.05, 3.63) is 59.7 Å². The van der Waals surface area contributed by atoms with Gasteiger partial charge in [0.15, 0.2) is 6.61 Å². The zero-order chi connectivity index (χ0) is 17.4. The first-order valence-corrected chi connectivity index (χ1v) is 7.35. The number of carboxylic acid groups (broad SMARTS) is 1. The molecule has 2 rings (SSSR count). The lowest BCUT2D eigenvalue weighted by Crippen LogP contribution is -2.09. The normalized spacial score (nSPS) is 11.1. The summed E-state index contributed by atoms with van der Waals surface area (Å²) < 4.78 is 5.09. The number of benzene rings is 2. The fraction of sp³-hybridized carbons (Fsp3) is 0.167. The maximum absolute atomic E-state index is 10.4. The molecule has 2 aromatic rings. The Kier molecular flexibility index (Phi) is 6.08. The molecule has 2 aromatic carbocycles. The molecule has 0 saturated heterocycles. The van der Waals surface area contributed by atoms with Crippen LogP contribution in [0.5, 0.6) is 5.75 Å². The summed E-state index contributed by atoms with van der Waals surface area (Å²) in [7, 11) is 3.64. The molecular formula is C18H19N3O3. The van der Waals surface area contributed by atoms with E-state index >= 15 is 0 Å². The highest BCUT2D eigenvalue weighted by atomic mass is 16.5. The molecule has 0 spiro atoms. The van der Waals surface area contributed by atoms with Gasteiger partial charge in [-0.15, -0.1) is 5.11 Å². The molecule has 0 saturated carbocycles. The van der Waals surface area contributed by atoms with E-state index in [-0.39, 0.29) is 6.61 Å². The van der Waals surface area contributed by atoms with Crippen molar-refractivity contribution in [3.63, 3.8) is 0 Å². The van der Waals surface area contributed by atoms with Crippen molar-refractivity contribution < 1.29 is 14.6 Å². The van der Waals surface area contributed by atoms with Crippen molar-refractivity contribution in [1.29, 1.82) is 0 Å². The van der Waals surface area contributed by atoms with E-state index in [0.717, 1.165) is 16.8 Å². The van der Waals surface area contributed by atoms with E-state index in [4.69, 9.17) is 9.84 Å². The molecule has 0 aliphatic carbocycles. The summed E-state index contributed by atoms with van der Waals surface area (Å²) in [5.41, 5.74) is 2.83. The topological polar surface area (TPSA) is 74.5 Å². The Bertz CT molecular complexity index is 720. The van der Waals surface area contributed by atoms with Crippen LogP contribution in [0.3, 0.4) is 0 Å². The maximum Gasteiger partial charge on any atom is 0.341 e. The van der Waals surface area contributed by atoms with E-state index in [1.165, 1.54) is 0 Å². The molecule has 0 aromatic heterocycles. The minimum absolute atomic E-state index is 0.341. The molecule has 0 atom stereocenters. The molecule has 1 N–H and O–H groups in total. The van der Waals surface area contributed by atoms with Crippen LogP contribution >= 0.6 is 0 Å². The average molecular weight is 325 g/mol. The minimum Gasteiger partial charge on any atom is -0.482 e. The summed E-state index contributed by atoms with van der Waals surface area (Å²) in [6.07, 6.45) is 3.96. The van der Waals surface area contributed by atoms with Gasteiger partial charge in [0.1, 0.15) is 5.75 Å². The quantitative estimate of drug-likeness (QED) is 0.476. The van der Waals surface area contributed by atoms with Crippen molar-refractivity contribution in [2.45, 2.75) is 0 Å². The third kappa shape index (κ3) is 5.92. The summed E-state index contributed by atoms with van der Waals surface area (Å²) in [5, 5.41) is 18.2. The van der Waals surface area contributed by atoms with Gasteiger partial charge in [0.2, 0.25) is 0 Å². The van der Waals surface area contributed by atoms with Crippen LogP contribution in [-0.2, 0) is 4.79 Å². The third-order valence-electron chi connectivity index (χ3n) is 2.94. The fourth-order valence-corrected chi connectivity index (χ4v) is 1.81. The number of hydrogen-bond donors (Lipinski definition) is 1. The molecule has 0 amide bonds. The average Bonchev–Trinajstić information content (AvgIpc) is 2.58. The maximum atomic E-state index is 10.4. The van der Waals surface area contributed by atoms with Crippen LogP contribution in [-0.4, -0.2) is 36.8 Å². The van der Waals surface area contributed by atoms with Crippen LogP contribution in [0.15, 0.2) is 58.9 Å². The number of ether oxygens (including phenoxy) is 1. The van der Waals surface area contributed by atoms with Crippen LogP contribution in [0, 0.1) is 0 Å². The highest BCUT2D eigenvalue weighted by molar-refractivity contribution is 5.70. The number of hydrogen-bond acceptors (Lipinski definition) is 4. The van der Waals surface area contributed by atoms with Crippen LogP contribution in [0.2, 0.25) is 0 Å². The number of aliphatic carboxylic acids is 1. The lowest BCUT2D eigenvalue weighted by Gasteiger charge is -2.03. The summed E-state index contributed by atoms with van der Waals surface area (Å²) in [6, 6.07) is 14.9. The molecule has 0 aliphatic heterocycles. The molecule has 0 aliphatic rings. The summed E-state index contributed by atoms with van der Waals surface area (Å²) in [5.74, 6) is -0.460. The second kappa shape index (κ2) is 8.47. The van der Waals surface area contributed by atoms with Gasteiger partial charge in [-0.05, 0) is 35.4 Å². The number of nitrogens with zero attached hydrogens (tertiary/aromatic N) is 3. The highest BCUT2D eigenvalue weighted by Gasteiger charge is 1.98. The van der Waals surface area contributed by atoms with Gasteiger partial charge in [-0.1, -0.05) is 41.6 Å². The van der Waals surface area contributed by atoms with E-state index in [2.05, 4.69) is 10.3 Å². The predicted molar refractivity (Wildman–Crippen MR) is 93.1 cm³/mol. The van der Waals surface area contributed by atoms with Crippen LogP contribution < -0.4 is 4.74 Å². The largest absolute Gasteiger partial charge is 0.482 e. The van der Waals surface area contributed by atoms with Crippen LogP contribution in [0.4, 0.5) is 5.69 Å². The number of rotatable bonds is 7. The fourth-order valence-electron chi connectivity index (χ4n) is 1.81. The Labute approximate surface area is 140 Å². The summed E-state index contributed by atoms with van der Waals surface area (Å²) in [6.45, 7) is -0.341. The lowest BCUT2D eigenvalue weighted by atomic mass is 10.1. The van der Waals surface area contributed by atoms with Crippen molar-refractivity contribution in [1.82, 2.24) is 5.01 Å². The van der Waals surface area contributed by atoms with E-state index in [0.29, 0.717) is 5.75 Å². The van der Waals surface area contributed by atoms with Crippen LogP contribution in [0.25, 0.3) is 12.2 Å². The van der Waals surface area contributed by atoms with Crippen molar-refractivity contribution in [2.24, 2.45) is 10.3 Å². The minimum atomic E-state index is -0.993. The second-order valence-corrected chi connectivity index (χ2v) is 5.21. The zero-order valence-electron chi connectivity index (χ0n) is 13.6. The molecule has 0 radical (unpaired) electrons. The molecule has 0 bridgehead atoms. The Hall–Kier alpha value is -3.15. The molecule has 0 unspecified atom stereocenters. The smallest absolute Gasteiger partial charge is 0.341 e. The Morgan fingerprint density at radius 3 is 2.08 bits per heavy atom. The van der Waals surface area contributed by atoms with Gasteiger partial charge in [-0.3, -0.25) is 5.01 Å². The van der Waals surface area contributed by atoms with Crippen molar-refractivity contribution in [2.75, 3.05) is 20.7 Å². The number of carbonyl (C=O) groups is 1. The second-order valence-electron chi connectivity index (χ2n) is 5.21. The molecule has 24 heavy (non-hydrogen) atoms. The van der Waals surface area contributed by atoms with Crippen molar-refractivity contribution in [3.8, 4) is 5.75 Å². The van der Waals surface area contributed by atoms with Gasteiger partial charge < -0.3 is 9.84 Å². The zero-order valence-corrected chi connectivity index (χ0v) is 13.6. The number of carboxylic acids is 1. The monoisotopic (exact) mass is 325 g/mol. The molecule has 0 fully saturated rings. The van der Waals surface area contributed by atoms with Gasteiger partial charge in [0, 0.05) is 14.1 Å². The van der Waals surface area contributed by atoms with Gasteiger partial charge in [0.25, 0.3) is 0 Å².